The summed E-state index contributed by atoms with van der Waals surface area (Å²) < 4.78 is 1.20. The van der Waals surface area contributed by atoms with Crippen LogP contribution in [0.2, 0.25) is 0 Å². The molecule has 92 valence electrons. The van der Waals surface area contributed by atoms with E-state index >= 15 is 0 Å². The summed E-state index contributed by atoms with van der Waals surface area (Å²) in [6.45, 7) is 5.34. The van der Waals surface area contributed by atoms with E-state index in [4.69, 9.17) is 5.26 Å². The van der Waals surface area contributed by atoms with Crippen LogP contribution in [-0.2, 0) is 0 Å². The van der Waals surface area contributed by atoms with Crippen molar-refractivity contribution in [3.8, 4) is 6.07 Å². The maximum atomic E-state index is 9.02. The van der Waals surface area contributed by atoms with Crippen LogP contribution in [0.5, 0.6) is 0 Å². The lowest BCUT2D eigenvalue weighted by Crippen LogP contribution is -2.49. The Morgan fingerprint density at radius 3 is 3.17 bits per heavy atom. The van der Waals surface area contributed by atoms with E-state index in [0.717, 1.165) is 30.6 Å². The van der Waals surface area contributed by atoms with Gasteiger partial charge in [0.05, 0.1) is 5.56 Å². The van der Waals surface area contributed by atoms with Crippen molar-refractivity contribution in [3.63, 3.8) is 0 Å². The lowest BCUT2D eigenvalue weighted by atomic mass is 10.1. The largest absolute Gasteiger partial charge is 0.369 e. The summed E-state index contributed by atoms with van der Waals surface area (Å²) in [5.41, 5.74) is 2.05. The molecule has 0 aliphatic carbocycles. The van der Waals surface area contributed by atoms with E-state index in [2.05, 4.69) is 41.4 Å². The minimum atomic E-state index is 0.535. The standard InChI is InChI=1S/C14H15N3S/c1-10-8-17(5-4-16-10)12-2-3-13-11(7-15)9-18-14(13)6-12/h2-3,6,9-10,16H,4-5,8H2,1H3/t10-/m1/s1. The number of hydrogen-bond donors (Lipinski definition) is 1. The van der Waals surface area contributed by atoms with Crippen molar-refractivity contribution >= 4 is 27.1 Å². The molecule has 1 atom stereocenters. The average molecular weight is 257 g/mol. The molecule has 1 saturated heterocycles. The number of piperazine rings is 1. The van der Waals surface area contributed by atoms with Gasteiger partial charge in [-0.15, -0.1) is 11.3 Å². The number of benzene rings is 1. The van der Waals surface area contributed by atoms with Crippen molar-refractivity contribution in [3.05, 3.63) is 29.1 Å². The maximum absolute atomic E-state index is 9.02. The normalized spacial score (nSPS) is 20.0. The molecule has 0 saturated carbocycles. The highest BCUT2D eigenvalue weighted by Gasteiger charge is 2.16. The molecule has 0 amide bonds. The summed E-state index contributed by atoms with van der Waals surface area (Å²) in [7, 11) is 0. The molecule has 1 N–H and O–H groups in total. The van der Waals surface area contributed by atoms with Gasteiger partial charge in [-0.1, -0.05) is 6.07 Å². The third kappa shape index (κ3) is 1.96. The summed E-state index contributed by atoms with van der Waals surface area (Å²) in [4.78, 5) is 2.41. The Labute approximate surface area is 111 Å². The second kappa shape index (κ2) is 4.60. The van der Waals surface area contributed by atoms with Crippen LogP contribution in [0.15, 0.2) is 23.6 Å². The molecule has 0 radical (unpaired) electrons. The molecule has 0 spiro atoms. The van der Waals surface area contributed by atoms with Crippen LogP contribution in [-0.4, -0.2) is 25.7 Å². The van der Waals surface area contributed by atoms with Gasteiger partial charge in [0.2, 0.25) is 0 Å². The number of nitrogens with zero attached hydrogens (tertiary/aromatic N) is 2. The molecule has 2 heterocycles. The summed E-state index contributed by atoms with van der Waals surface area (Å²) in [6.07, 6.45) is 0. The predicted octanol–water partition coefficient (Wildman–Crippen LogP) is 2.57. The predicted molar refractivity (Wildman–Crippen MR) is 76.2 cm³/mol. The van der Waals surface area contributed by atoms with Crippen LogP contribution in [0.3, 0.4) is 0 Å². The van der Waals surface area contributed by atoms with E-state index < -0.39 is 0 Å². The van der Waals surface area contributed by atoms with Crippen LogP contribution in [0.4, 0.5) is 5.69 Å². The average Bonchev–Trinajstić information content (AvgIpc) is 2.80. The Bertz CT molecular complexity index is 611. The lowest BCUT2D eigenvalue weighted by molar-refractivity contribution is 0.485. The zero-order valence-corrected chi connectivity index (χ0v) is 11.1. The Morgan fingerprint density at radius 2 is 2.39 bits per heavy atom. The van der Waals surface area contributed by atoms with Gasteiger partial charge in [0.1, 0.15) is 6.07 Å². The fourth-order valence-corrected chi connectivity index (χ4v) is 3.39. The van der Waals surface area contributed by atoms with Crippen molar-refractivity contribution in [2.24, 2.45) is 0 Å². The second-order valence-electron chi connectivity index (χ2n) is 4.74. The molecule has 1 aromatic carbocycles. The quantitative estimate of drug-likeness (QED) is 0.853. The summed E-state index contributed by atoms with van der Waals surface area (Å²) in [5.74, 6) is 0. The van der Waals surface area contributed by atoms with Crippen molar-refractivity contribution in [2.45, 2.75) is 13.0 Å². The highest BCUT2D eigenvalue weighted by Crippen LogP contribution is 2.29. The highest BCUT2D eigenvalue weighted by molar-refractivity contribution is 7.17. The van der Waals surface area contributed by atoms with E-state index in [1.807, 2.05) is 5.38 Å². The fourth-order valence-electron chi connectivity index (χ4n) is 2.47. The topological polar surface area (TPSA) is 39.1 Å². The Kier molecular flexibility index (Phi) is 2.94. The molecule has 0 unspecified atom stereocenters. The molecule has 1 aliphatic rings. The van der Waals surface area contributed by atoms with Gasteiger partial charge in [-0.25, -0.2) is 0 Å². The van der Waals surface area contributed by atoms with Crippen molar-refractivity contribution < 1.29 is 0 Å². The first-order chi connectivity index (χ1) is 8.78. The molecule has 1 aromatic heterocycles. The van der Waals surface area contributed by atoms with Gasteiger partial charge in [-0.2, -0.15) is 5.26 Å². The summed E-state index contributed by atoms with van der Waals surface area (Å²) >= 11 is 1.65. The molecule has 0 bridgehead atoms. The number of hydrogen-bond acceptors (Lipinski definition) is 4. The first-order valence-corrected chi connectivity index (χ1v) is 7.05. The van der Waals surface area contributed by atoms with Gasteiger partial charge in [0.25, 0.3) is 0 Å². The lowest BCUT2D eigenvalue weighted by Gasteiger charge is -2.33. The highest BCUT2D eigenvalue weighted by atomic mass is 32.1. The summed E-state index contributed by atoms with van der Waals surface area (Å²) in [6, 6.07) is 9.19. The number of nitriles is 1. The zero-order chi connectivity index (χ0) is 12.5. The number of rotatable bonds is 1. The molecular formula is C14H15N3S. The molecule has 2 aromatic rings. The second-order valence-corrected chi connectivity index (χ2v) is 5.65. The van der Waals surface area contributed by atoms with Crippen LogP contribution in [0.1, 0.15) is 12.5 Å². The van der Waals surface area contributed by atoms with Crippen molar-refractivity contribution in [1.82, 2.24) is 5.32 Å². The third-order valence-corrected chi connectivity index (χ3v) is 4.36. The van der Waals surface area contributed by atoms with Gasteiger partial charge >= 0.3 is 0 Å². The molecule has 1 fully saturated rings. The molecule has 3 rings (SSSR count). The van der Waals surface area contributed by atoms with Crippen molar-refractivity contribution in [2.75, 3.05) is 24.5 Å². The van der Waals surface area contributed by atoms with Crippen LogP contribution >= 0.6 is 11.3 Å². The van der Waals surface area contributed by atoms with Gasteiger partial charge in [-0.05, 0) is 19.1 Å². The van der Waals surface area contributed by atoms with Gasteiger partial charge in [-0.3, -0.25) is 0 Å². The van der Waals surface area contributed by atoms with Crippen molar-refractivity contribution in [1.29, 1.82) is 5.26 Å². The molecule has 1 aliphatic heterocycles. The molecule has 18 heavy (non-hydrogen) atoms. The Balaban J connectivity index is 1.96. The minimum Gasteiger partial charge on any atom is -0.369 e. The number of nitrogens with one attached hydrogen (secondary N) is 1. The monoisotopic (exact) mass is 257 g/mol. The summed E-state index contributed by atoms with van der Waals surface area (Å²) in [5, 5.41) is 15.5. The third-order valence-electron chi connectivity index (χ3n) is 3.41. The maximum Gasteiger partial charge on any atom is 0.101 e. The van der Waals surface area contributed by atoms with Gasteiger partial charge < -0.3 is 10.2 Å². The Hall–Kier alpha value is -1.57. The van der Waals surface area contributed by atoms with E-state index in [9.17, 15) is 0 Å². The minimum absolute atomic E-state index is 0.535. The van der Waals surface area contributed by atoms with Gasteiger partial charge in [0, 0.05) is 46.8 Å². The molecule has 4 heteroatoms. The van der Waals surface area contributed by atoms with E-state index in [1.165, 1.54) is 10.4 Å². The van der Waals surface area contributed by atoms with Crippen LogP contribution in [0.25, 0.3) is 10.1 Å². The Morgan fingerprint density at radius 1 is 1.50 bits per heavy atom. The van der Waals surface area contributed by atoms with E-state index in [1.54, 1.807) is 11.3 Å². The van der Waals surface area contributed by atoms with Crippen LogP contribution in [0, 0.1) is 11.3 Å². The fraction of sp³-hybridized carbons (Fsp3) is 0.357. The smallest absolute Gasteiger partial charge is 0.101 e. The number of thiophene rings is 1. The van der Waals surface area contributed by atoms with Crippen LogP contribution < -0.4 is 10.2 Å². The first-order valence-electron chi connectivity index (χ1n) is 6.17. The number of fused-ring (bicyclic) bond motifs is 1. The SMILES string of the molecule is C[C@@H]1CN(c2ccc3c(C#N)csc3c2)CCN1. The zero-order valence-electron chi connectivity index (χ0n) is 10.3. The first kappa shape index (κ1) is 11.5. The van der Waals surface area contributed by atoms with E-state index in [0.29, 0.717) is 6.04 Å². The molecular weight excluding hydrogens is 242 g/mol. The van der Waals surface area contributed by atoms with Gasteiger partial charge in [0.15, 0.2) is 0 Å². The molecule has 3 nitrogen and oxygen atoms in total. The number of anilines is 1. The van der Waals surface area contributed by atoms with E-state index in [-0.39, 0.29) is 0 Å².